The second-order valence-corrected chi connectivity index (χ2v) is 6.02. The zero-order valence-electron chi connectivity index (χ0n) is 12.3. The zero-order chi connectivity index (χ0) is 13.8. The van der Waals surface area contributed by atoms with Crippen LogP contribution in [-0.4, -0.2) is 44.4 Å². The predicted molar refractivity (Wildman–Crippen MR) is 72.1 cm³/mol. The summed E-state index contributed by atoms with van der Waals surface area (Å²) in [6.07, 6.45) is 3.87. The maximum atomic E-state index is 11.5. The van der Waals surface area contributed by atoms with Crippen molar-refractivity contribution in [3.05, 3.63) is 0 Å². The first kappa shape index (κ1) is 14.9. The van der Waals surface area contributed by atoms with E-state index in [-0.39, 0.29) is 18.0 Å². The third-order valence-electron chi connectivity index (χ3n) is 4.56. The molecule has 0 heterocycles. The third-order valence-corrected chi connectivity index (χ3v) is 4.56. The Kier molecular flexibility index (Phi) is 5.37. The number of Topliss-reactive ketones (excluding diaryl/α,β-unsaturated/α-hetero) is 1. The fraction of sp³-hybridized carbons (Fsp3) is 0.933. The van der Waals surface area contributed by atoms with E-state index in [1.807, 2.05) is 0 Å². The van der Waals surface area contributed by atoms with Crippen LogP contribution in [-0.2, 0) is 19.0 Å². The second-order valence-electron chi connectivity index (χ2n) is 6.02. The lowest BCUT2D eigenvalue weighted by atomic mass is 9.80. The SMILES string of the molecule is COCCOC1C(=O)CC1OC1CCC(C)C(C)C1. The molecule has 2 saturated carbocycles. The first-order valence-corrected chi connectivity index (χ1v) is 7.40. The van der Waals surface area contributed by atoms with Crippen molar-refractivity contribution < 1.29 is 19.0 Å². The minimum atomic E-state index is -0.357. The Balaban J connectivity index is 1.74. The van der Waals surface area contributed by atoms with E-state index in [1.165, 1.54) is 6.42 Å². The first-order valence-electron chi connectivity index (χ1n) is 7.40. The molecule has 5 atom stereocenters. The lowest BCUT2D eigenvalue weighted by Gasteiger charge is -2.40. The number of ketones is 1. The molecule has 5 unspecified atom stereocenters. The van der Waals surface area contributed by atoms with Crippen molar-refractivity contribution in [2.24, 2.45) is 11.8 Å². The van der Waals surface area contributed by atoms with Gasteiger partial charge in [0.15, 0.2) is 5.78 Å². The Morgan fingerprint density at radius 2 is 1.95 bits per heavy atom. The molecule has 0 aliphatic heterocycles. The normalized spacial score (nSPS) is 39.1. The van der Waals surface area contributed by atoms with E-state index >= 15 is 0 Å². The topological polar surface area (TPSA) is 44.8 Å². The number of rotatable bonds is 6. The van der Waals surface area contributed by atoms with Gasteiger partial charge in [0, 0.05) is 13.5 Å². The summed E-state index contributed by atoms with van der Waals surface area (Å²) in [6, 6.07) is 0. The molecule has 2 fully saturated rings. The van der Waals surface area contributed by atoms with E-state index in [0.29, 0.717) is 31.7 Å². The van der Waals surface area contributed by atoms with Gasteiger partial charge in [-0.2, -0.15) is 0 Å². The smallest absolute Gasteiger partial charge is 0.166 e. The van der Waals surface area contributed by atoms with Crippen LogP contribution >= 0.6 is 0 Å². The molecule has 2 rings (SSSR count). The number of carbonyl (C=O) groups excluding carboxylic acids is 1. The Hall–Kier alpha value is -0.450. The highest BCUT2D eigenvalue weighted by molar-refractivity contribution is 5.90. The summed E-state index contributed by atoms with van der Waals surface area (Å²) in [4.78, 5) is 11.5. The molecule has 2 aliphatic carbocycles. The molecule has 0 aromatic heterocycles. The Labute approximate surface area is 115 Å². The van der Waals surface area contributed by atoms with Crippen LogP contribution in [0.15, 0.2) is 0 Å². The molecule has 0 aromatic rings. The maximum Gasteiger partial charge on any atom is 0.166 e. The van der Waals surface area contributed by atoms with Gasteiger partial charge >= 0.3 is 0 Å². The van der Waals surface area contributed by atoms with Crippen molar-refractivity contribution in [3.8, 4) is 0 Å². The summed E-state index contributed by atoms with van der Waals surface area (Å²) in [5.41, 5.74) is 0. The summed E-state index contributed by atoms with van der Waals surface area (Å²) in [7, 11) is 1.63. The van der Waals surface area contributed by atoms with Crippen molar-refractivity contribution in [1.82, 2.24) is 0 Å². The molecule has 0 bridgehead atoms. The van der Waals surface area contributed by atoms with Crippen LogP contribution < -0.4 is 0 Å². The minimum absolute atomic E-state index is 0.0324. The fourth-order valence-corrected chi connectivity index (χ4v) is 2.92. The van der Waals surface area contributed by atoms with E-state index in [0.717, 1.165) is 18.8 Å². The summed E-state index contributed by atoms with van der Waals surface area (Å²) in [6.45, 7) is 5.59. The molecule has 2 aliphatic rings. The van der Waals surface area contributed by atoms with Crippen LogP contribution in [0.4, 0.5) is 0 Å². The summed E-state index contributed by atoms with van der Waals surface area (Å²) < 4.78 is 16.5. The van der Waals surface area contributed by atoms with Gasteiger partial charge in [0.2, 0.25) is 0 Å². The molecule has 0 aromatic carbocycles. The fourth-order valence-electron chi connectivity index (χ4n) is 2.92. The summed E-state index contributed by atoms with van der Waals surface area (Å²) >= 11 is 0. The minimum Gasteiger partial charge on any atom is -0.382 e. The maximum absolute atomic E-state index is 11.5. The van der Waals surface area contributed by atoms with Crippen molar-refractivity contribution in [1.29, 1.82) is 0 Å². The van der Waals surface area contributed by atoms with Crippen molar-refractivity contribution in [2.45, 2.75) is 57.8 Å². The average molecular weight is 270 g/mol. The van der Waals surface area contributed by atoms with Gasteiger partial charge in [-0.25, -0.2) is 0 Å². The first-order chi connectivity index (χ1) is 9.11. The highest BCUT2D eigenvalue weighted by atomic mass is 16.6. The van der Waals surface area contributed by atoms with Crippen LogP contribution in [0.2, 0.25) is 0 Å². The third kappa shape index (κ3) is 3.77. The zero-order valence-corrected chi connectivity index (χ0v) is 12.3. The summed E-state index contributed by atoms with van der Waals surface area (Å²) in [5, 5.41) is 0. The highest BCUT2D eigenvalue weighted by Gasteiger charge is 2.43. The molecule has 0 radical (unpaired) electrons. The van der Waals surface area contributed by atoms with Gasteiger partial charge < -0.3 is 14.2 Å². The molecule has 4 heteroatoms. The van der Waals surface area contributed by atoms with Crippen LogP contribution in [0, 0.1) is 11.8 Å². The molecule has 4 nitrogen and oxygen atoms in total. The molecule has 0 N–H and O–H groups in total. The van der Waals surface area contributed by atoms with E-state index in [9.17, 15) is 4.79 Å². The van der Waals surface area contributed by atoms with Crippen LogP contribution in [0.5, 0.6) is 0 Å². The molecular formula is C15H26O4. The second kappa shape index (κ2) is 6.82. The lowest BCUT2D eigenvalue weighted by Crippen LogP contribution is -2.52. The van der Waals surface area contributed by atoms with Crippen LogP contribution in [0.1, 0.15) is 39.5 Å². The molecule has 110 valence electrons. The van der Waals surface area contributed by atoms with Gasteiger partial charge in [-0.1, -0.05) is 13.8 Å². The molecule has 0 saturated heterocycles. The highest BCUT2D eigenvalue weighted by Crippen LogP contribution is 2.34. The van der Waals surface area contributed by atoms with Crippen LogP contribution in [0.3, 0.4) is 0 Å². The van der Waals surface area contributed by atoms with E-state index in [4.69, 9.17) is 14.2 Å². The number of hydrogen-bond donors (Lipinski definition) is 0. The largest absolute Gasteiger partial charge is 0.382 e. The van der Waals surface area contributed by atoms with E-state index in [2.05, 4.69) is 13.8 Å². The van der Waals surface area contributed by atoms with Gasteiger partial charge in [0.05, 0.1) is 25.4 Å². The van der Waals surface area contributed by atoms with Crippen LogP contribution in [0.25, 0.3) is 0 Å². The standard InChI is InChI=1S/C15H26O4/c1-10-4-5-12(8-11(10)2)19-14-9-13(16)15(14)18-7-6-17-3/h10-12,14-15H,4-9H2,1-3H3. The van der Waals surface area contributed by atoms with Gasteiger partial charge in [-0.15, -0.1) is 0 Å². The average Bonchev–Trinajstić information content (AvgIpc) is 2.38. The number of carbonyl (C=O) groups is 1. The van der Waals surface area contributed by atoms with Gasteiger partial charge in [0.25, 0.3) is 0 Å². The van der Waals surface area contributed by atoms with E-state index < -0.39 is 0 Å². The number of methoxy groups -OCH3 is 1. The molecule has 19 heavy (non-hydrogen) atoms. The van der Waals surface area contributed by atoms with Gasteiger partial charge in [-0.3, -0.25) is 4.79 Å². The van der Waals surface area contributed by atoms with Gasteiger partial charge in [-0.05, 0) is 31.1 Å². The molecular weight excluding hydrogens is 244 g/mol. The van der Waals surface area contributed by atoms with Crippen molar-refractivity contribution in [3.63, 3.8) is 0 Å². The number of ether oxygens (including phenoxy) is 3. The Morgan fingerprint density at radius 3 is 2.58 bits per heavy atom. The number of hydrogen-bond acceptors (Lipinski definition) is 4. The summed E-state index contributed by atoms with van der Waals surface area (Å²) in [5.74, 6) is 1.66. The van der Waals surface area contributed by atoms with E-state index in [1.54, 1.807) is 7.11 Å². The van der Waals surface area contributed by atoms with Crippen molar-refractivity contribution >= 4 is 5.78 Å². The molecule has 0 spiro atoms. The lowest BCUT2D eigenvalue weighted by molar-refractivity contribution is -0.179. The molecule has 0 amide bonds. The monoisotopic (exact) mass is 270 g/mol. The van der Waals surface area contributed by atoms with Gasteiger partial charge in [0.1, 0.15) is 6.10 Å². The quantitative estimate of drug-likeness (QED) is 0.694. The van der Waals surface area contributed by atoms with Crippen molar-refractivity contribution in [2.75, 3.05) is 20.3 Å². The Morgan fingerprint density at radius 1 is 1.16 bits per heavy atom. The predicted octanol–water partition coefficient (Wildman–Crippen LogP) is 2.20. The Bertz CT molecular complexity index is 305.